The van der Waals surface area contributed by atoms with Gasteiger partial charge < -0.3 is 103 Å². The number of piperidine rings is 1. The summed E-state index contributed by atoms with van der Waals surface area (Å²) >= 11 is 0. The quantitative estimate of drug-likeness (QED) is 0.0122. The average Bonchev–Trinajstić information content (AvgIpc) is 1.60. The highest BCUT2D eigenvalue weighted by atomic mass is 16.6. The fourth-order valence-electron chi connectivity index (χ4n) is 17.2. The Balaban J connectivity index is 0.505. The average molecular weight is 1790 g/mol. The summed E-state index contributed by atoms with van der Waals surface area (Å²) in [7, 11) is 6.86. The molecule has 3 aromatic heterocycles. The number of likely N-dealkylation sites (tertiary alicyclic amines) is 1. The number of benzene rings is 2. The van der Waals surface area contributed by atoms with Gasteiger partial charge in [-0.3, -0.25) is 24.0 Å². The van der Waals surface area contributed by atoms with Crippen LogP contribution in [0.15, 0.2) is 94.7 Å². The number of aliphatic hydroxyl groups is 2. The van der Waals surface area contributed by atoms with Crippen LogP contribution in [0.5, 0.6) is 0 Å². The fraction of sp³-hybridized carbons (Fsp3) is 0.667. The number of allylic oxidation sites excluding steroid dienone is 6. The lowest BCUT2D eigenvalue weighted by Gasteiger charge is -2.40. The molecule has 0 radical (unpaired) electrons. The van der Waals surface area contributed by atoms with E-state index in [1.165, 1.54) is 16.8 Å². The van der Waals surface area contributed by atoms with Crippen molar-refractivity contribution in [2.75, 3.05) is 178 Å². The number of methoxy groups -OCH3 is 2. The molecule has 2 aromatic carbocycles. The molecule has 710 valence electrons. The van der Waals surface area contributed by atoms with Crippen molar-refractivity contribution >= 4 is 69.3 Å². The molecule has 32 nitrogen and oxygen atoms in total. The number of carbonyl (C=O) groups excluding carboxylic acids is 6. The van der Waals surface area contributed by atoms with Crippen molar-refractivity contribution in [3.63, 3.8) is 0 Å². The van der Waals surface area contributed by atoms with E-state index in [1.807, 2.05) is 66.8 Å². The first-order chi connectivity index (χ1) is 61.6. The smallest absolute Gasteiger partial charge is 0.409 e. The minimum Gasteiger partial charge on any atom is -0.446 e. The summed E-state index contributed by atoms with van der Waals surface area (Å²) in [6.45, 7) is 23.9. The predicted octanol–water partition coefficient (Wildman–Crippen LogP) is 11.8. The van der Waals surface area contributed by atoms with Crippen LogP contribution in [0.1, 0.15) is 181 Å². The van der Waals surface area contributed by atoms with Crippen LogP contribution < -0.4 is 11.5 Å². The highest BCUT2D eigenvalue weighted by Gasteiger charge is 2.47. The van der Waals surface area contributed by atoms with Crippen LogP contribution in [0.3, 0.4) is 0 Å². The molecular formula is C96H145N11O21. The Morgan fingerprint density at radius 3 is 1.98 bits per heavy atom. The number of aromatic nitrogens is 5. The molecular weight excluding hydrogens is 1640 g/mol. The van der Waals surface area contributed by atoms with Crippen molar-refractivity contribution in [1.82, 2.24) is 44.3 Å². The normalized spacial score (nSPS) is 20.0. The van der Waals surface area contributed by atoms with Gasteiger partial charge in [0.05, 0.1) is 155 Å². The van der Waals surface area contributed by atoms with E-state index in [0.29, 0.717) is 210 Å². The molecule has 128 heavy (non-hydrogen) atoms. The maximum Gasteiger partial charge on any atom is 0.409 e. The molecule has 3 aliphatic heterocycles. The standard InChI is InChI=1S/C96H145N11O21/c1-67(19-14-12-15-20-69(3)84(117-11)61-78-21-18-33-96(115,128-78)89(112)92(113)105-36-16-13-17-37-105)57-70(4)80(108)62-81(109)71(5)58-68(2)22-26-82(116-10)72(6)63-95(7)34-28-77(29-35-95)126-94(114)104(9)40-44-121-48-52-125-56-53-122-49-45-118-41-31-85(110)103(8)39-43-120-47-51-124-55-54-123-50-46-119-42-32-86(111)106-38-30-74-59-73(23-24-76(74)65-106)64-107-91-87(90(97)99-66-100-91)88(102-107)75-25-27-83-79(60-75)101-93(98)127-83/h12,14-15,19-20,23-25,27,58-60,66-68,70,72,77-78,81-82,84,109,115H,13,16-18,21-22,26,28-57,61-65H2,1-11H3,(H2,98,101)(H2,97,99,100)/b15-12+,19-14+,69-20+,71-58+/t67-,68+,70-,72-,77?,78?,81+,82+,84+,95?,96-/m1/s1. The lowest BCUT2D eigenvalue weighted by molar-refractivity contribution is -0.244. The largest absolute Gasteiger partial charge is 0.446 e. The van der Waals surface area contributed by atoms with E-state index in [9.17, 15) is 39.0 Å². The molecule has 1 unspecified atom stereocenters. The number of nitrogens with zero attached hydrogens (tertiary/aromatic N) is 9. The van der Waals surface area contributed by atoms with Gasteiger partial charge in [-0.05, 0) is 173 Å². The van der Waals surface area contributed by atoms with Gasteiger partial charge in [-0.25, -0.2) is 19.4 Å². The fourth-order valence-corrected chi connectivity index (χ4v) is 17.2. The second kappa shape index (κ2) is 53.7. The molecule has 5 aromatic rings. The third kappa shape index (κ3) is 33.4. The molecule has 32 heteroatoms. The van der Waals surface area contributed by atoms with Crippen molar-refractivity contribution in [2.45, 2.75) is 220 Å². The van der Waals surface area contributed by atoms with Gasteiger partial charge in [0.2, 0.25) is 17.6 Å². The summed E-state index contributed by atoms with van der Waals surface area (Å²) in [5.41, 5.74) is 20.6. The Hall–Kier alpha value is -8.48. The van der Waals surface area contributed by atoms with Crippen LogP contribution in [-0.2, 0) is 100 Å². The molecule has 0 spiro atoms. The molecule has 0 bridgehead atoms. The van der Waals surface area contributed by atoms with Gasteiger partial charge in [-0.1, -0.05) is 89.3 Å². The van der Waals surface area contributed by atoms with Gasteiger partial charge in [0, 0.05) is 98.3 Å². The first-order valence-electron chi connectivity index (χ1n) is 46.1. The van der Waals surface area contributed by atoms with E-state index in [1.54, 1.807) is 44.2 Å². The van der Waals surface area contributed by atoms with Crippen molar-refractivity contribution in [3.8, 4) is 11.3 Å². The van der Waals surface area contributed by atoms with Crippen LogP contribution in [0.4, 0.5) is 16.6 Å². The number of fused-ring (bicyclic) bond motifs is 3. The second-order valence-electron chi connectivity index (χ2n) is 35.4. The number of hydrogen-bond acceptors (Lipinski definition) is 27. The summed E-state index contributed by atoms with van der Waals surface area (Å²) in [6, 6.07) is 11.9. The topological polar surface area (TPSA) is 388 Å². The van der Waals surface area contributed by atoms with Crippen LogP contribution in [0.2, 0.25) is 0 Å². The summed E-state index contributed by atoms with van der Waals surface area (Å²) in [6.07, 6.45) is 24.0. The van der Waals surface area contributed by atoms with Crippen LogP contribution in [0, 0.1) is 29.1 Å². The highest BCUT2D eigenvalue weighted by molar-refractivity contribution is 6.38. The monoisotopic (exact) mass is 1790 g/mol. The number of carbonyl (C=O) groups is 6. The first kappa shape index (κ1) is 103. The summed E-state index contributed by atoms with van der Waals surface area (Å²) in [4.78, 5) is 98.0. The van der Waals surface area contributed by atoms with Gasteiger partial charge in [0.25, 0.3) is 17.7 Å². The summed E-state index contributed by atoms with van der Waals surface area (Å²) < 4.78 is 76.3. The van der Waals surface area contributed by atoms with E-state index >= 15 is 0 Å². The SMILES string of the molecule is CO[C@@H](CC1CCC[C@](O)(C(=O)C(=O)N2CCCCC2)O1)/C(C)=C/C=C/C=C/[C@@H](C)C[C@@H](C)C(=O)C[C@H](O)/C(C)=C/[C@@H](C)CC[C@H](OC)[C@H](C)CC1(C)CCC(OC(=O)N(C)CCOCCOCCOCCOCCC(=O)N(C)CCOCCOCCOCCOCCC(=O)N2CCc3cc(Cn4nc(-c5ccc6oc(N)nc6c5)c5c(N)ncnc54)ccc3C2)CC1. The van der Waals surface area contributed by atoms with Gasteiger partial charge in [-0.2, -0.15) is 10.1 Å². The zero-order valence-electron chi connectivity index (χ0n) is 77.7. The number of nitrogens with two attached hydrogens (primary N) is 2. The van der Waals surface area contributed by atoms with E-state index in [-0.39, 0.29) is 103 Å². The zero-order valence-corrected chi connectivity index (χ0v) is 77.7. The van der Waals surface area contributed by atoms with Crippen molar-refractivity contribution in [1.29, 1.82) is 0 Å². The first-order valence-corrected chi connectivity index (χ1v) is 46.1. The van der Waals surface area contributed by atoms with Gasteiger partial charge in [0.15, 0.2) is 11.2 Å². The molecule has 1 aliphatic carbocycles. The van der Waals surface area contributed by atoms with E-state index in [4.69, 9.17) is 77.8 Å². The third-order valence-corrected chi connectivity index (χ3v) is 24.9. The zero-order chi connectivity index (χ0) is 92.0. The third-order valence-electron chi connectivity index (χ3n) is 24.9. The number of nitrogen functional groups attached to an aromatic ring is 2. The molecule has 6 heterocycles. The number of amides is 4. The number of aliphatic hydroxyl groups excluding tert-OH is 1. The highest BCUT2D eigenvalue weighted by Crippen LogP contribution is 2.44. The van der Waals surface area contributed by atoms with Gasteiger partial charge in [0.1, 0.15) is 35.2 Å². The van der Waals surface area contributed by atoms with Gasteiger partial charge >= 0.3 is 6.09 Å². The Morgan fingerprint density at radius 1 is 0.680 bits per heavy atom. The number of ether oxygens (including phenoxy) is 12. The molecule has 1 saturated carbocycles. The lowest BCUT2D eigenvalue weighted by Crippen LogP contribution is -2.55. The second-order valence-corrected chi connectivity index (χ2v) is 35.4. The molecule has 9 atom stereocenters. The van der Waals surface area contributed by atoms with Gasteiger partial charge in [-0.15, -0.1) is 0 Å². The number of ketones is 2. The number of hydrogen-bond donors (Lipinski definition) is 4. The minimum absolute atomic E-state index is 0.0310. The molecule has 4 aliphatic rings. The molecule has 3 fully saturated rings. The van der Waals surface area contributed by atoms with Crippen molar-refractivity contribution in [3.05, 3.63) is 107 Å². The minimum atomic E-state index is -2.12. The number of anilines is 2. The maximum absolute atomic E-state index is 13.4. The predicted molar refractivity (Wildman–Crippen MR) is 487 cm³/mol. The summed E-state index contributed by atoms with van der Waals surface area (Å²) in [5.74, 6) is -2.93. The maximum atomic E-state index is 13.4. The molecule has 6 N–H and O–H groups in total. The van der Waals surface area contributed by atoms with E-state index in [0.717, 1.165) is 98.5 Å². The van der Waals surface area contributed by atoms with E-state index < -0.39 is 29.7 Å². The Labute approximate surface area is 755 Å². The summed E-state index contributed by atoms with van der Waals surface area (Å²) in [5, 5.41) is 28.0. The Kier molecular flexibility index (Phi) is 43.3. The number of Topliss-reactive ketones (excluding diaryl/α,β-unsaturated/α-hetero) is 2. The van der Waals surface area contributed by atoms with Crippen molar-refractivity contribution < 1.29 is 100 Å². The molecule has 9 rings (SSSR count). The molecule has 2 saturated heterocycles. The van der Waals surface area contributed by atoms with Crippen LogP contribution in [0.25, 0.3) is 33.4 Å². The number of likely N-dealkylation sites (N-methyl/N-ethyl adjacent to an activating group) is 2. The van der Waals surface area contributed by atoms with E-state index in [2.05, 4.69) is 73.0 Å². The van der Waals surface area contributed by atoms with Crippen LogP contribution >= 0.6 is 0 Å². The van der Waals surface area contributed by atoms with Crippen LogP contribution in [-0.4, -0.2) is 293 Å². The van der Waals surface area contributed by atoms with Crippen molar-refractivity contribution in [2.24, 2.45) is 29.1 Å². The Bertz CT molecular complexity index is 4400. The molecule has 4 amide bonds. The number of rotatable bonds is 57. The number of oxazole rings is 1. The lowest BCUT2D eigenvalue weighted by atomic mass is 9.69. The Morgan fingerprint density at radius 2 is 1.32 bits per heavy atom.